The molecule has 1 fully saturated rings. The number of pyridine rings is 1. The van der Waals surface area contributed by atoms with Crippen LogP contribution in [0.1, 0.15) is 15.9 Å². The van der Waals surface area contributed by atoms with Gasteiger partial charge in [0.2, 0.25) is 0 Å². The molecule has 2 aromatic rings. The number of methoxy groups -OCH3 is 1. The molecule has 3 rings (SSSR count). The number of aromatic nitrogens is 1. The largest absolute Gasteiger partial charge is 0.465 e. The molecule has 24 heavy (non-hydrogen) atoms. The van der Waals surface area contributed by atoms with Crippen molar-refractivity contribution in [2.45, 2.75) is 0 Å². The zero-order valence-electron chi connectivity index (χ0n) is 12.6. The van der Waals surface area contributed by atoms with E-state index >= 15 is 0 Å². The molecule has 2 heterocycles. The summed E-state index contributed by atoms with van der Waals surface area (Å²) in [4.78, 5) is 30.0. The Morgan fingerprint density at radius 3 is 2.67 bits per heavy atom. The van der Waals surface area contributed by atoms with Crippen LogP contribution in [0.3, 0.4) is 0 Å². The van der Waals surface area contributed by atoms with Crippen molar-refractivity contribution in [2.75, 3.05) is 12.0 Å². The molecule has 0 aliphatic carbocycles. The molecule has 0 bridgehead atoms. The third-order valence-corrected chi connectivity index (χ3v) is 4.63. The summed E-state index contributed by atoms with van der Waals surface area (Å²) < 4.78 is 5.12. The first-order valence-electron chi connectivity index (χ1n) is 6.96. The van der Waals surface area contributed by atoms with E-state index in [0.29, 0.717) is 20.5 Å². The molecule has 1 saturated heterocycles. The highest BCUT2D eigenvalue weighted by Gasteiger charge is 2.33. The minimum Gasteiger partial charge on any atom is -0.465 e. The van der Waals surface area contributed by atoms with E-state index in [-0.39, 0.29) is 5.91 Å². The second-order valence-electron chi connectivity index (χ2n) is 4.84. The molecule has 0 spiro atoms. The standard InChI is InChI=1S/C17H12N2O3S2/c1-22-16(21)12-6-4-11(5-7-12)9-14-15(20)19(17(23)24-14)13-3-2-8-18-10-13/h2-10H,1H3/b14-9+. The van der Waals surface area contributed by atoms with Crippen LogP contribution in [0.5, 0.6) is 0 Å². The summed E-state index contributed by atoms with van der Waals surface area (Å²) in [5, 5.41) is 0. The van der Waals surface area contributed by atoms with Crippen LogP contribution in [0.2, 0.25) is 0 Å². The second kappa shape index (κ2) is 6.94. The van der Waals surface area contributed by atoms with Gasteiger partial charge in [0.05, 0.1) is 29.5 Å². The SMILES string of the molecule is COC(=O)c1ccc(/C=C2/SC(=S)N(c3cccnc3)C2=O)cc1. The molecular weight excluding hydrogens is 344 g/mol. The van der Waals surface area contributed by atoms with Gasteiger partial charge >= 0.3 is 5.97 Å². The van der Waals surface area contributed by atoms with E-state index in [4.69, 9.17) is 12.2 Å². The number of carbonyl (C=O) groups excluding carboxylic acids is 2. The number of anilines is 1. The van der Waals surface area contributed by atoms with E-state index in [1.54, 1.807) is 54.9 Å². The molecule has 7 heteroatoms. The summed E-state index contributed by atoms with van der Waals surface area (Å²) in [6, 6.07) is 10.3. The number of carbonyl (C=O) groups is 2. The van der Waals surface area contributed by atoms with Gasteiger partial charge in [0, 0.05) is 6.20 Å². The van der Waals surface area contributed by atoms with Crippen LogP contribution < -0.4 is 4.90 Å². The van der Waals surface area contributed by atoms with E-state index in [1.807, 2.05) is 0 Å². The number of hydrogen-bond donors (Lipinski definition) is 0. The fourth-order valence-corrected chi connectivity index (χ4v) is 3.46. The monoisotopic (exact) mass is 356 g/mol. The normalized spacial score (nSPS) is 15.9. The van der Waals surface area contributed by atoms with Gasteiger partial charge in [-0.1, -0.05) is 36.1 Å². The zero-order chi connectivity index (χ0) is 17.1. The number of amides is 1. The lowest BCUT2D eigenvalue weighted by Crippen LogP contribution is -2.27. The Bertz CT molecular complexity index is 833. The number of esters is 1. The first-order chi connectivity index (χ1) is 11.6. The Morgan fingerprint density at radius 1 is 1.29 bits per heavy atom. The van der Waals surface area contributed by atoms with Gasteiger partial charge in [-0.2, -0.15) is 0 Å². The Balaban J connectivity index is 1.85. The highest BCUT2D eigenvalue weighted by molar-refractivity contribution is 8.27. The van der Waals surface area contributed by atoms with Crippen molar-refractivity contribution < 1.29 is 14.3 Å². The quantitative estimate of drug-likeness (QED) is 0.478. The third-order valence-electron chi connectivity index (χ3n) is 3.33. The summed E-state index contributed by atoms with van der Waals surface area (Å²) in [7, 11) is 1.33. The summed E-state index contributed by atoms with van der Waals surface area (Å²) in [5.74, 6) is -0.584. The number of ether oxygens (including phenoxy) is 1. The van der Waals surface area contributed by atoms with Gasteiger partial charge < -0.3 is 4.74 Å². The third kappa shape index (κ3) is 3.22. The fourth-order valence-electron chi connectivity index (χ4n) is 2.16. The van der Waals surface area contributed by atoms with Gasteiger partial charge in [-0.3, -0.25) is 14.7 Å². The van der Waals surface area contributed by atoms with Crippen LogP contribution in [0.25, 0.3) is 6.08 Å². The molecule has 5 nitrogen and oxygen atoms in total. The lowest BCUT2D eigenvalue weighted by molar-refractivity contribution is -0.113. The van der Waals surface area contributed by atoms with Crippen LogP contribution in [0.4, 0.5) is 5.69 Å². The molecule has 0 radical (unpaired) electrons. The zero-order valence-corrected chi connectivity index (χ0v) is 14.3. The molecule has 1 aromatic carbocycles. The maximum atomic E-state index is 12.6. The molecule has 1 aliphatic rings. The number of thiocarbonyl (C=S) groups is 1. The van der Waals surface area contributed by atoms with Crippen LogP contribution in [-0.2, 0) is 9.53 Å². The number of thioether (sulfide) groups is 1. The first kappa shape index (κ1) is 16.4. The molecule has 0 saturated carbocycles. The van der Waals surface area contributed by atoms with Crippen molar-refractivity contribution in [1.29, 1.82) is 0 Å². The fraction of sp³-hybridized carbons (Fsp3) is 0.0588. The van der Waals surface area contributed by atoms with E-state index in [9.17, 15) is 9.59 Å². The van der Waals surface area contributed by atoms with E-state index in [0.717, 1.165) is 5.56 Å². The molecule has 0 atom stereocenters. The summed E-state index contributed by atoms with van der Waals surface area (Å²) in [6.07, 6.45) is 4.98. The minimum absolute atomic E-state index is 0.185. The lowest BCUT2D eigenvalue weighted by Gasteiger charge is -2.13. The predicted octanol–water partition coefficient (Wildman–Crippen LogP) is 3.27. The van der Waals surface area contributed by atoms with Crippen molar-refractivity contribution in [3.63, 3.8) is 0 Å². The van der Waals surface area contributed by atoms with Crippen molar-refractivity contribution in [2.24, 2.45) is 0 Å². The van der Waals surface area contributed by atoms with E-state index in [1.165, 1.54) is 23.8 Å². The lowest BCUT2D eigenvalue weighted by atomic mass is 10.1. The highest BCUT2D eigenvalue weighted by atomic mass is 32.2. The van der Waals surface area contributed by atoms with Gasteiger partial charge in [-0.25, -0.2) is 4.79 Å². The van der Waals surface area contributed by atoms with Crippen LogP contribution in [0, 0.1) is 0 Å². The maximum absolute atomic E-state index is 12.6. The Labute approximate surface area is 148 Å². The predicted molar refractivity (Wildman–Crippen MR) is 97.7 cm³/mol. The summed E-state index contributed by atoms with van der Waals surface area (Å²) >= 11 is 6.54. The number of benzene rings is 1. The Morgan fingerprint density at radius 2 is 2.04 bits per heavy atom. The van der Waals surface area contributed by atoms with Crippen molar-refractivity contribution >= 4 is 51.9 Å². The van der Waals surface area contributed by atoms with Crippen molar-refractivity contribution in [3.05, 3.63) is 64.8 Å². The topological polar surface area (TPSA) is 59.5 Å². The summed E-state index contributed by atoms with van der Waals surface area (Å²) in [6.45, 7) is 0. The number of nitrogens with zero attached hydrogens (tertiary/aromatic N) is 2. The van der Waals surface area contributed by atoms with E-state index in [2.05, 4.69) is 9.72 Å². The van der Waals surface area contributed by atoms with Gasteiger partial charge in [0.15, 0.2) is 4.32 Å². The molecule has 120 valence electrons. The van der Waals surface area contributed by atoms with E-state index < -0.39 is 5.97 Å². The van der Waals surface area contributed by atoms with Crippen molar-refractivity contribution in [1.82, 2.24) is 4.98 Å². The number of rotatable bonds is 3. The molecule has 0 unspecified atom stereocenters. The Kier molecular flexibility index (Phi) is 4.73. The smallest absolute Gasteiger partial charge is 0.337 e. The van der Waals surface area contributed by atoms with Crippen LogP contribution >= 0.6 is 24.0 Å². The van der Waals surface area contributed by atoms with Gasteiger partial charge in [-0.05, 0) is 35.9 Å². The highest BCUT2D eigenvalue weighted by Crippen LogP contribution is 2.35. The van der Waals surface area contributed by atoms with Gasteiger partial charge in [0.25, 0.3) is 5.91 Å². The number of hydrogen-bond acceptors (Lipinski definition) is 6. The van der Waals surface area contributed by atoms with Gasteiger partial charge in [-0.15, -0.1) is 0 Å². The summed E-state index contributed by atoms with van der Waals surface area (Å²) in [5.41, 5.74) is 1.90. The maximum Gasteiger partial charge on any atom is 0.337 e. The molecule has 1 aromatic heterocycles. The molecule has 0 N–H and O–H groups in total. The van der Waals surface area contributed by atoms with Crippen LogP contribution in [-0.4, -0.2) is 28.3 Å². The Hall–Kier alpha value is -2.51. The minimum atomic E-state index is -0.399. The molecular formula is C17H12N2O3S2. The van der Waals surface area contributed by atoms with Crippen molar-refractivity contribution in [3.8, 4) is 0 Å². The second-order valence-corrected chi connectivity index (χ2v) is 6.52. The average Bonchev–Trinajstić information content (AvgIpc) is 2.89. The molecule has 1 amide bonds. The molecule has 1 aliphatic heterocycles. The first-order valence-corrected chi connectivity index (χ1v) is 8.19. The van der Waals surface area contributed by atoms with Crippen LogP contribution in [0.15, 0.2) is 53.7 Å². The van der Waals surface area contributed by atoms with Gasteiger partial charge in [0.1, 0.15) is 0 Å². The average molecular weight is 356 g/mol.